The summed E-state index contributed by atoms with van der Waals surface area (Å²) in [4.78, 5) is 11.1. The molecule has 2 aromatic carbocycles. The Morgan fingerprint density at radius 1 is 1.16 bits per heavy atom. The topological polar surface area (TPSA) is 52.3 Å². The number of amides is 1. The van der Waals surface area contributed by atoms with Crippen LogP contribution >= 0.6 is 0 Å². The largest absolute Gasteiger partial charge is 0.410 e. The van der Waals surface area contributed by atoms with Gasteiger partial charge in [-0.25, -0.2) is 4.79 Å². The SMILES string of the molecule is CCCCCc1ccc2ccccc2c1OC(N)=O. The van der Waals surface area contributed by atoms with Crippen LogP contribution in [-0.4, -0.2) is 6.09 Å². The second-order valence-corrected chi connectivity index (χ2v) is 4.65. The molecular weight excluding hydrogens is 238 g/mol. The maximum atomic E-state index is 11.1. The number of ether oxygens (including phenoxy) is 1. The Kier molecular flexibility index (Phi) is 4.39. The number of fused-ring (bicyclic) bond motifs is 1. The lowest BCUT2D eigenvalue weighted by atomic mass is 10.0. The lowest BCUT2D eigenvalue weighted by Gasteiger charge is -2.12. The van der Waals surface area contributed by atoms with E-state index in [1.54, 1.807) is 0 Å². The Bertz CT molecular complexity index is 578. The number of benzene rings is 2. The van der Waals surface area contributed by atoms with Crippen molar-refractivity contribution in [2.75, 3.05) is 0 Å². The predicted molar refractivity (Wildman–Crippen MR) is 77.4 cm³/mol. The zero-order valence-corrected chi connectivity index (χ0v) is 11.2. The molecule has 0 bridgehead atoms. The molecule has 100 valence electrons. The van der Waals surface area contributed by atoms with Gasteiger partial charge in [0.2, 0.25) is 0 Å². The summed E-state index contributed by atoms with van der Waals surface area (Å²) in [5, 5.41) is 1.99. The van der Waals surface area contributed by atoms with Crippen LogP contribution in [0.1, 0.15) is 31.7 Å². The standard InChI is InChI=1S/C16H19NO2/c1-2-3-4-8-13-11-10-12-7-5-6-9-14(12)15(13)19-16(17)18/h5-7,9-11H,2-4,8H2,1H3,(H2,17,18). The van der Waals surface area contributed by atoms with Gasteiger partial charge >= 0.3 is 6.09 Å². The van der Waals surface area contributed by atoms with Gasteiger partial charge in [-0.2, -0.15) is 0 Å². The Hall–Kier alpha value is -2.03. The van der Waals surface area contributed by atoms with E-state index in [-0.39, 0.29) is 0 Å². The molecule has 2 rings (SSSR count). The van der Waals surface area contributed by atoms with Crippen LogP contribution in [-0.2, 0) is 6.42 Å². The van der Waals surface area contributed by atoms with Crippen LogP contribution in [0.5, 0.6) is 5.75 Å². The van der Waals surface area contributed by atoms with Crippen molar-refractivity contribution in [3.8, 4) is 5.75 Å². The van der Waals surface area contributed by atoms with Crippen LogP contribution in [0.4, 0.5) is 4.79 Å². The van der Waals surface area contributed by atoms with Crippen molar-refractivity contribution in [3.05, 3.63) is 42.0 Å². The third-order valence-electron chi connectivity index (χ3n) is 3.21. The van der Waals surface area contributed by atoms with Crippen molar-refractivity contribution >= 4 is 16.9 Å². The molecule has 0 aliphatic heterocycles. The maximum absolute atomic E-state index is 11.1. The summed E-state index contributed by atoms with van der Waals surface area (Å²) in [7, 11) is 0. The van der Waals surface area contributed by atoms with Crippen LogP contribution in [0.15, 0.2) is 36.4 Å². The first-order chi connectivity index (χ1) is 9.22. The first-order valence-electron chi connectivity index (χ1n) is 6.70. The van der Waals surface area contributed by atoms with Crippen molar-refractivity contribution in [3.63, 3.8) is 0 Å². The Balaban J connectivity index is 2.40. The highest BCUT2D eigenvalue weighted by Crippen LogP contribution is 2.31. The summed E-state index contributed by atoms with van der Waals surface area (Å²) in [5.41, 5.74) is 6.23. The molecule has 0 fully saturated rings. The minimum Gasteiger partial charge on any atom is -0.410 e. The molecule has 0 saturated heterocycles. The Labute approximate surface area is 113 Å². The van der Waals surface area contributed by atoms with E-state index in [2.05, 4.69) is 13.0 Å². The Morgan fingerprint density at radius 3 is 2.68 bits per heavy atom. The van der Waals surface area contributed by atoms with Crippen LogP contribution in [0.2, 0.25) is 0 Å². The Morgan fingerprint density at radius 2 is 1.95 bits per heavy atom. The molecule has 2 N–H and O–H groups in total. The molecule has 0 saturated carbocycles. The second kappa shape index (κ2) is 6.23. The van der Waals surface area contributed by atoms with E-state index >= 15 is 0 Å². The number of nitrogens with two attached hydrogens (primary N) is 1. The molecular formula is C16H19NO2. The van der Waals surface area contributed by atoms with Gasteiger partial charge in [0.15, 0.2) is 0 Å². The lowest BCUT2D eigenvalue weighted by Crippen LogP contribution is -2.17. The number of carbonyl (C=O) groups excluding carboxylic acids is 1. The number of rotatable bonds is 5. The number of hydrogen-bond donors (Lipinski definition) is 1. The molecule has 2 aromatic rings. The summed E-state index contributed by atoms with van der Waals surface area (Å²) in [5.74, 6) is 0.613. The fraction of sp³-hybridized carbons (Fsp3) is 0.312. The first kappa shape index (κ1) is 13.4. The second-order valence-electron chi connectivity index (χ2n) is 4.65. The van der Waals surface area contributed by atoms with Crippen LogP contribution in [0, 0.1) is 0 Å². The molecule has 0 atom stereocenters. The summed E-state index contributed by atoms with van der Waals surface area (Å²) in [6.45, 7) is 2.17. The van der Waals surface area contributed by atoms with E-state index in [0.29, 0.717) is 5.75 Å². The summed E-state index contributed by atoms with van der Waals surface area (Å²) in [6.07, 6.45) is 3.57. The zero-order valence-electron chi connectivity index (χ0n) is 11.2. The van der Waals surface area contributed by atoms with Crippen LogP contribution in [0.25, 0.3) is 10.8 Å². The summed E-state index contributed by atoms with van der Waals surface area (Å²) in [6, 6.07) is 11.9. The van der Waals surface area contributed by atoms with E-state index in [4.69, 9.17) is 10.5 Å². The van der Waals surface area contributed by atoms with E-state index in [9.17, 15) is 4.79 Å². The normalized spacial score (nSPS) is 10.6. The average molecular weight is 257 g/mol. The molecule has 3 heteroatoms. The van der Waals surface area contributed by atoms with Crippen molar-refractivity contribution in [2.45, 2.75) is 32.6 Å². The van der Waals surface area contributed by atoms with Gasteiger partial charge in [-0.1, -0.05) is 56.2 Å². The minimum absolute atomic E-state index is 0.613. The van der Waals surface area contributed by atoms with Gasteiger partial charge in [0.05, 0.1) is 0 Å². The zero-order chi connectivity index (χ0) is 13.7. The van der Waals surface area contributed by atoms with E-state index < -0.39 is 6.09 Å². The minimum atomic E-state index is -0.756. The molecule has 0 aliphatic rings. The number of hydrogen-bond acceptors (Lipinski definition) is 2. The number of unbranched alkanes of at least 4 members (excludes halogenated alkanes) is 2. The molecule has 0 spiro atoms. The van der Waals surface area contributed by atoms with E-state index in [1.165, 1.54) is 12.8 Å². The van der Waals surface area contributed by atoms with Crippen molar-refractivity contribution in [2.24, 2.45) is 5.73 Å². The van der Waals surface area contributed by atoms with E-state index in [1.807, 2.05) is 30.3 Å². The predicted octanol–water partition coefficient (Wildman–Crippen LogP) is 4.03. The molecule has 3 nitrogen and oxygen atoms in total. The average Bonchev–Trinajstić information content (AvgIpc) is 2.41. The number of carbonyl (C=O) groups is 1. The highest BCUT2D eigenvalue weighted by molar-refractivity contribution is 5.91. The van der Waals surface area contributed by atoms with Crippen LogP contribution < -0.4 is 10.5 Å². The number of primary amides is 1. The molecule has 19 heavy (non-hydrogen) atoms. The highest BCUT2D eigenvalue weighted by atomic mass is 16.5. The summed E-state index contributed by atoms with van der Waals surface area (Å²) >= 11 is 0. The van der Waals surface area contributed by atoms with Crippen molar-refractivity contribution in [1.82, 2.24) is 0 Å². The smallest absolute Gasteiger partial charge is 0.409 e. The van der Waals surface area contributed by atoms with Gasteiger partial charge in [0.1, 0.15) is 5.75 Å². The molecule has 0 aromatic heterocycles. The van der Waals surface area contributed by atoms with Gasteiger partial charge in [-0.3, -0.25) is 0 Å². The lowest BCUT2D eigenvalue weighted by molar-refractivity contribution is 0.211. The highest BCUT2D eigenvalue weighted by Gasteiger charge is 2.11. The van der Waals surface area contributed by atoms with Gasteiger partial charge < -0.3 is 10.5 Å². The van der Waals surface area contributed by atoms with Gasteiger partial charge in [-0.05, 0) is 23.8 Å². The molecule has 0 radical (unpaired) electrons. The molecule has 0 unspecified atom stereocenters. The van der Waals surface area contributed by atoms with Crippen LogP contribution in [0.3, 0.4) is 0 Å². The fourth-order valence-electron chi connectivity index (χ4n) is 2.27. The third-order valence-corrected chi connectivity index (χ3v) is 3.21. The molecule has 1 amide bonds. The van der Waals surface area contributed by atoms with Crippen molar-refractivity contribution < 1.29 is 9.53 Å². The molecule has 0 heterocycles. The van der Waals surface area contributed by atoms with Gasteiger partial charge in [-0.15, -0.1) is 0 Å². The number of aryl methyl sites for hydroxylation is 1. The fourth-order valence-corrected chi connectivity index (χ4v) is 2.27. The first-order valence-corrected chi connectivity index (χ1v) is 6.70. The monoisotopic (exact) mass is 257 g/mol. The van der Waals surface area contributed by atoms with Gasteiger partial charge in [0, 0.05) is 5.39 Å². The summed E-state index contributed by atoms with van der Waals surface area (Å²) < 4.78 is 5.23. The van der Waals surface area contributed by atoms with Crippen molar-refractivity contribution in [1.29, 1.82) is 0 Å². The quantitative estimate of drug-likeness (QED) is 0.822. The van der Waals surface area contributed by atoms with E-state index in [0.717, 1.165) is 29.2 Å². The maximum Gasteiger partial charge on any atom is 0.409 e. The molecule has 0 aliphatic carbocycles. The van der Waals surface area contributed by atoms with Gasteiger partial charge in [0.25, 0.3) is 0 Å². The third kappa shape index (κ3) is 3.25.